The van der Waals surface area contributed by atoms with Gasteiger partial charge in [-0.3, -0.25) is 4.79 Å². The number of nitrogens with one attached hydrogen (secondary N) is 1. The number of nitrogens with zero attached hydrogens (tertiary/aromatic N) is 1. The average molecular weight is 331 g/mol. The van der Waals surface area contributed by atoms with Crippen molar-refractivity contribution in [3.63, 3.8) is 0 Å². The van der Waals surface area contributed by atoms with Gasteiger partial charge < -0.3 is 5.32 Å². The first-order valence-corrected chi connectivity index (χ1v) is 7.40. The van der Waals surface area contributed by atoms with Gasteiger partial charge in [0.25, 0.3) is 0 Å². The molecule has 0 radical (unpaired) electrons. The highest BCUT2D eigenvalue weighted by Gasteiger charge is 2.51. The van der Waals surface area contributed by atoms with Crippen molar-refractivity contribution in [2.24, 2.45) is 0 Å². The third kappa shape index (κ3) is 2.48. The number of rotatable bonds is 3. The summed E-state index contributed by atoms with van der Waals surface area (Å²) in [5.74, 6) is 0.653. The Balaban J connectivity index is 1.79. The van der Waals surface area contributed by atoms with Crippen LogP contribution in [-0.4, -0.2) is 10.9 Å². The molecule has 1 aliphatic rings. The first-order valence-electron chi connectivity index (χ1n) is 6.60. The Hall–Kier alpha value is -1.68. The zero-order valence-corrected chi connectivity index (χ0v) is 12.8. The van der Waals surface area contributed by atoms with Gasteiger partial charge in [-0.05, 0) is 49.1 Å². The van der Waals surface area contributed by atoms with Crippen molar-refractivity contribution >= 4 is 27.7 Å². The number of halogens is 1. The molecular formula is C16H15BrN2O. The summed E-state index contributed by atoms with van der Waals surface area (Å²) >= 11 is 3.42. The molecule has 1 saturated carbocycles. The summed E-state index contributed by atoms with van der Waals surface area (Å²) in [6, 6.07) is 11.8. The van der Waals surface area contributed by atoms with Crippen LogP contribution < -0.4 is 5.32 Å². The third-order valence-electron chi connectivity index (χ3n) is 3.73. The molecule has 4 heteroatoms. The van der Waals surface area contributed by atoms with Crippen LogP contribution in [-0.2, 0) is 10.2 Å². The summed E-state index contributed by atoms with van der Waals surface area (Å²) < 4.78 is 1.03. The predicted molar refractivity (Wildman–Crippen MR) is 82.7 cm³/mol. The number of aryl methyl sites for hydroxylation is 1. The summed E-state index contributed by atoms with van der Waals surface area (Å²) in [7, 11) is 0. The van der Waals surface area contributed by atoms with Crippen LogP contribution >= 0.6 is 15.9 Å². The second-order valence-corrected chi connectivity index (χ2v) is 6.18. The second-order valence-electron chi connectivity index (χ2n) is 5.26. The highest BCUT2D eigenvalue weighted by molar-refractivity contribution is 9.10. The minimum Gasteiger partial charge on any atom is -0.310 e. The molecule has 0 spiro atoms. The number of carbonyl (C=O) groups is 1. The molecule has 1 aromatic heterocycles. The lowest BCUT2D eigenvalue weighted by atomic mass is 9.95. The molecular weight excluding hydrogens is 316 g/mol. The van der Waals surface area contributed by atoms with Gasteiger partial charge in [-0.1, -0.05) is 34.1 Å². The molecule has 0 aliphatic heterocycles. The van der Waals surface area contributed by atoms with E-state index < -0.39 is 0 Å². The number of hydrogen-bond acceptors (Lipinski definition) is 2. The molecule has 0 unspecified atom stereocenters. The maximum atomic E-state index is 12.5. The molecule has 1 heterocycles. The lowest BCUT2D eigenvalue weighted by Gasteiger charge is -2.15. The first kappa shape index (κ1) is 13.3. The fourth-order valence-corrected chi connectivity index (χ4v) is 2.58. The standard InChI is InChI=1S/C16H15BrN2O/c1-11-2-7-14(18-10-11)19-15(20)16(8-9-16)12-3-5-13(17)6-4-12/h2-7,10H,8-9H2,1H3,(H,18,19,20). The molecule has 1 aromatic carbocycles. The van der Waals surface area contributed by atoms with Gasteiger partial charge in [-0.25, -0.2) is 4.98 Å². The van der Waals surface area contributed by atoms with Gasteiger partial charge in [0.05, 0.1) is 5.41 Å². The Morgan fingerprint density at radius 3 is 2.45 bits per heavy atom. The van der Waals surface area contributed by atoms with Gasteiger partial charge in [0.2, 0.25) is 5.91 Å². The van der Waals surface area contributed by atoms with Crippen LogP contribution in [0.4, 0.5) is 5.82 Å². The maximum absolute atomic E-state index is 12.5. The van der Waals surface area contributed by atoms with Crippen LogP contribution in [0.1, 0.15) is 24.0 Å². The number of hydrogen-bond donors (Lipinski definition) is 1. The van der Waals surface area contributed by atoms with Crippen molar-refractivity contribution in [2.45, 2.75) is 25.2 Å². The number of anilines is 1. The van der Waals surface area contributed by atoms with Crippen LogP contribution in [0.15, 0.2) is 47.1 Å². The smallest absolute Gasteiger partial charge is 0.236 e. The van der Waals surface area contributed by atoms with E-state index in [-0.39, 0.29) is 11.3 Å². The molecule has 3 rings (SSSR count). The Morgan fingerprint density at radius 2 is 1.90 bits per heavy atom. The van der Waals surface area contributed by atoms with Crippen molar-refractivity contribution in [3.05, 3.63) is 58.2 Å². The SMILES string of the molecule is Cc1ccc(NC(=O)C2(c3ccc(Br)cc3)CC2)nc1. The van der Waals surface area contributed by atoms with Crippen LogP contribution in [0.5, 0.6) is 0 Å². The minimum absolute atomic E-state index is 0.0381. The van der Waals surface area contributed by atoms with Gasteiger partial charge in [0.15, 0.2) is 0 Å². The normalized spacial score (nSPS) is 15.7. The van der Waals surface area contributed by atoms with E-state index in [9.17, 15) is 4.79 Å². The van der Waals surface area contributed by atoms with E-state index >= 15 is 0 Å². The molecule has 1 amide bonds. The van der Waals surface area contributed by atoms with E-state index in [0.717, 1.165) is 28.4 Å². The molecule has 0 bridgehead atoms. The van der Waals surface area contributed by atoms with Crippen molar-refractivity contribution in [3.8, 4) is 0 Å². The average Bonchev–Trinajstić information content (AvgIpc) is 3.24. The highest BCUT2D eigenvalue weighted by atomic mass is 79.9. The number of pyridine rings is 1. The molecule has 2 aromatic rings. The van der Waals surface area contributed by atoms with Crippen LogP contribution in [0, 0.1) is 6.92 Å². The largest absolute Gasteiger partial charge is 0.310 e. The molecule has 3 nitrogen and oxygen atoms in total. The van der Waals surface area contributed by atoms with E-state index in [1.165, 1.54) is 0 Å². The van der Waals surface area contributed by atoms with Crippen molar-refractivity contribution < 1.29 is 4.79 Å². The Labute approximate surface area is 126 Å². The summed E-state index contributed by atoms with van der Waals surface area (Å²) in [6.45, 7) is 1.98. The maximum Gasteiger partial charge on any atom is 0.236 e. The topological polar surface area (TPSA) is 42.0 Å². The van der Waals surface area contributed by atoms with Crippen molar-refractivity contribution in [1.29, 1.82) is 0 Å². The van der Waals surface area contributed by atoms with E-state index in [1.54, 1.807) is 6.20 Å². The third-order valence-corrected chi connectivity index (χ3v) is 4.26. The summed E-state index contributed by atoms with van der Waals surface area (Å²) in [4.78, 5) is 16.7. The highest BCUT2D eigenvalue weighted by Crippen LogP contribution is 2.49. The fourth-order valence-electron chi connectivity index (χ4n) is 2.32. The van der Waals surface area contributed by atoms with Gasteiger partial charge >= 0.3 is 0 Å². The van der Waals surface area contributed by atoms with Crippen LogP contribution in [0.25, 0.3) is 0 Å². The quantitative estimate of drug-likeness (QED) is 0.929. The zero-order valence-electron chi connectivity index (χ0n) is 11.2. The van der Waals surface area contributed by atoms with Gasteiger partial charge in [0.1, 0.15) is 5.82 Å². The molecule has 1 N–H and O–H groups in total. The fraction of sp³-hybridized carbons (Fsp3) is 0.250. The molecule has 0 atom stereocenters. The van der Waals surface area contributed by atoms with Gasteiger partial charge in [-0.15, -0.1) is 0 Å². The Morgan fingerprint density at radius 1 is 1.20 bits per heavy atom. The predicted octanol–water partition coefficient (Wildman–Crippen LogP) is 3.82. The van der Waals surface area contributed by atoms with E-state index in [0.29, 0.717) is 5.82 Å². The Kier molecular flexibility index (Phi) is 3.34. The van der Waals surface area contributed by atoms with Crippen molar-refractivity contribution in [2.75, 3.05) is 5.32 Å². The molecule has 1 aliphatic carbocycles. The molecule has 1 fully saturated rings. The summed E-state index contributed by atoms with van der Waals surface area (Å²) in [6.07, 6.45) is 3.55. The number of amides is 1. The summed E-state index contributed by atoms with van der Waals surface area (Å²) in [5.41, 5.74) is 1.79. The lowest BCUT2D eigenvalue weighted by molar-refractivity contribution is -0.118. The zero-order chi connectivity index (χ0) is 14.2. The van der Waals surface area contributed by atoms with E-state index in [2.05, 4.69) is 26.2 Å². The van der Waals surface area contributed by atoms with Crippen LogP contribution in [0.3, 0.4) is 0 Å². The number of benzene rings is 1. The Bertz CT molecular complexity index is 631. The van der Waals surface area contributed by atoms with Gasteiger partial charge in [-0.2, -0.15) is 0 Å². The van der Waals surface area contributed by atoms with E-state index in [4.69, 9.17) is 0 Å². The molecule has 102 valence electrons. The van der Waals surface area contributed by atoms with Gasteiger partial charge in [0, 0.05) is 10.7 Å². The van der Waals surface area contributed by atoms with E-state index in [1.807, 2.05) is 43.3 Å². The van der Waals surface area contributed by atoms with Crippen molar-refractivity contribution in [1.82, 2.24) is 4.98 Å². The monoisotopic (exact) mass is 330 g/mol. The molecule has 20 heavy (non-hydrogen) atoms. The minimum atomic E-state index is -0.368. The number of aromatic nitrogens is 1. The first-order chi connectivity index (χ1) is 9.60. The molecule has 0 saturated heterocycles. The second kappa shape index (κ2) is 5.02. The number of carbonyl (C=O) groups excluding carboxylic acids is 1. The van der Waals surface area contributed by atoms with Crippen LogP contribution in [0.2, 0.25) is 0 Å². The summed E-state index contributed by atoms with van der Waals surface area (Å²) in [5, 5.41) is 2.92. The lowest BCUT2D eigenvalue weighted by Crippen LogP contribution is -2.28.